The van der Waals surface area contributed by atoms with Crippen LogP contribution in [0.2, 0.25) is 0 Å². The summed E-state index contributed by atoms with van der Waals surface area (Å²) in [4.78, 5) is 11.0. The van der Waals surface area contributed by atoms with Gasteiger partial charge in [-0.15, -0.1) is 0 Å². The van der Waals surface area contributed by atoms with Crippen LogP contribution in [-0.4, -0.2) is 29.2 Å². The van der Waals surface area contributed by atoms with E-state index in [1.165, 1.54) is 0 Å². The molecule has 1 aliphatic rings. The molecule has 3 nitrogen and oxygen atoms in total. The predicted molar refractivity (Wildman–Crippen MR) is 53.4 cm³/mol. The highest BCUT2D eigenvalue weighted by molar-refractivity contribution is 14.1. The minimum absolute atomic E-state index is 0.0717. The fourth-order valence-corrected chi connectivity index (χ4v) is 1.32. The van der Waals surface area contributed by atoms with Gasteiger partial charge in [-0.3, -0.25) is 4.79 Å². The van der Waals surface area contributed by atoms with E-state index in [1.807, 2.05) is 6.92 Å². The van der Waals surface area contributed by atoms with Gasteiger partial charge in [0.05, 0.1) is 10.0 Å². The van der Waals surface area contributed by atoms with Crippen LogP contribution in [0.15, 0.2) is 0 Å². The molecular weight excluding hydrogens is 271 g/mol. The van der Waals surface area contributed by atoms with Crippen LogP contribution < -0.4 is 0 Å². The van der Waals surface area contributed by atoms with Gasteiger partial charge in [0.1, 0.15) is 6.61 Å². The molecule has 0 N–H and O–H groups in total. The predicted octanol–water partition coefficient (Wildman–Crippen LogP) is 1.53. The van der Waals surface area contributed by atoms with Crippen LogP contribution in [0.4, 0.5) is 0 Å². The van der Waals surface area contributed by atoms with Crippen molar-refractivity contribution in [1.82, 2.24) is 0 Å². The molecule has 0 aromatic carbocycles. The first kappa shape index (κ1) is 10.2. The third-order valence-corrected chi connectivity index (χ3v) is 2.23. The SMILES string of the molecule is CC1(I)COCCCC(=O)OC1. The van der Waals surface area contributed by atoms with Gasteiger partial charge >= 0.3 is 5.97 Å². The molecule has 12 heavy (non-hydrogen) atoms. The summed E-state index contributed by atoms with van der Waals surface area (Å²) in [5.41, 5.74) is 0. The normalized spacial score (nSPS) is 33.0. The van der Waals surface area contributed by atoms with E-state index in [0.717, 1.165) is 6.42 Å². The van der Waals surface area contributed by atoms with Gasteiger partial charge in [-0.1, -0.05) is 22.6 Å². The quantitative estimate of drug-likeness (QED) is 0.384. The molecule has 1 rings (SSSR count). The Morgan fingerprint density at radius 2 is 2.25 bits per heavy atom. The van der Waals surface area contributed by atoms with Crippen LogP contribution in [0.5, 0.6) is 0 Å². The monoisotopic (exact) mass is 284 g/mol. The maximum atomic E-state index is 11.0. The summed E-state index contributed by atoms with van der Waals surface area (Å²) in [6.07, 6.45) is 1.25. The highest BCUT2D eigenvalue weighted by Crippen LogP contribution is 2.20. The molecule has 0 aliphatic carbocycles. The summed E-state index contributed by atoms with van der Waals surface area (Å²) in [5.74, 6) is -0.108. The first-order valence-corrected chi connectivity index (χ1v) is 5.10. The number of cyclic esters (lactones) is 1. The smallest absolute Gasteiger partial charge is 0.305 e. The highest BCUT2D eigenvalue weighted by atomic mass is 127. The number of carbonyl (C=O) groups is 1. The van der Waals surface area contributed by atoms with E-state index in [0.29, 0.717) is 26.2 Å². The summed E-state index contributed by atoms with van der Waals surface area (Å²) in [6.45, 7) is 3.78. The van der Waals surface area contributed by atoms with Crippen molar-refractivity contribution >= 4 is 28.6 Å². The van der Waals surface area contributed by atoms with Crippen molar-refractivity contribution in [3.63, 3.8) is 0 Å². The zero-order valence-corrected chi connectivity index (χ0v) is 9.30. The molecule has 0 spiro atoms. The molecule has 1 aliphatic heterocycles. The zero-order chi connectivity index (χ0) is 9.03. The Labute approximate surface area is 85.9 Å². The van der Waals surface area contributed by atoms with Crippen molar-refractivity contribution in [1.29, 1.82) is 0 Å². The summed E-state index contributed by atoms with van der Waals surface area (Å²) < 4.78 is 10.4. The van der Waals surface area contributed by atoms with Crippen molar-refractivity contribution in [2.24, 2.45) is 0 Å². The molecule has 0 aromatic heterocycles. The molecule has 1 saturated heterocycles. The van der Waals surface area contributed by atoms with Gasteiger partial charge in [-0.25, -0.2) is 0 Å². The van der Waals surface area contributed by atoms with E-state index in [4.69, 9.17) is 9.47 Å². The van der Waals surface area contributed by atoms with Gasteiger partial charge in [0.25, 0.3) is 0 Å². The third-order valence-electron chi connectivity index (χ3n) is 1.61. The van der Waals surface area contributed by atoms with E-state index < -0.39 is 0 Å². The van der Waals surface area contributed by atoms with E-state index in [-0.39, 0.29) is 9.39 Å². The Kier molecular flexibility index (Phi) is 3.77. The summed E-state index contributed by atoms with van der Waals surface area (Å²) in [7, 11) is 0. The number of alkyl halides is 1. The summed E-state index contributed by atoms with van der Waals surface area (Å²) in [5, 5.41) is 0. The Bertz CT molecular complexity index is 168. The van der Waals surface area contributed by atoms with Gasteiger partial charge in [0.15, 0.2) is 0 Å². The fraction of sp³-hybridized carbons (Fsp3) is 0.875. The average molecular weight is 284 g/mol. The molecule has 1 heterocycles. The van der Waals surface area contributed by atoms with Crippen LogP contribution in [0.25, 0.3) is 0 Å². The highest BCUT2D eigenvalue weighted by Gasteiger charge is 2.24. The van der Waals surface area contributed by atoms with Crippen LogP contribution in [0.1, 0.15) is 19.8 Å². The number of esters is 1. The average Bonchev–Trinajstić information content (AvgIpc) is 2.05. The van der Waals surface area contributed by atoms with Gasteiger partial charge in [0.2, 0.25) is 0 Å². The van der Waals surface area contributed by atoms with Gasteiger partial charge in [-0.2, -0.15) is 0 Å². The number of carbonyl (C=O) groups excluding carboxylic acids is 1. The molecule has 70 valence electrons. The second-order valence-electron chi connectivity index (χ2n) is 3.23. The van der Waals surface area contributed by atoms with E-state index in [9.17, 15) is 4.79 Å². The second-order valence-corrected chi connectivity index (χ2v) is 5.83. The molecule has 0 radical (unpaired) electrons. The lowest BCUT2D eigenvalue weighted by Crippen LogP contribution is -2.29. The van der Waals surface area contributed by atoms with Crippen molar-refractivity contribution < 1.29 is 14.3 Å². The van der Waals surface area contributed by atoms with Gasteiger partial charge in [-0.05, 0) is 13.3 Å². The molecule has 0 saturated carbocycles. The molecule has 0 aromatic rings. The molecule has 4 heteroatoms. The fourth-order valence-electron chi connectivity index (χ4n) is 0.948. The lowest BCUT2D eigenvalue weighted by Gasteiger charge is -2.20. The second kappa shape index (κ2) is 4.41. The molecule has 1 unspecified atom stereocenters. The molecule has 0 amide bonds. The Hall–Kier alpha value is 0.160. The Morgan fingerprint density at radius 3 is 3.00 bits per heavy atom. The van der Waals surface area contributed by atoms with E-state index in [2.05, 4.69) is 22.6 Å². The maximum absolute atomic E-state index is 11.0. The largest absolute Gasteiger partial charge is 0.464 e. The van der Waals surface area contributed by atoms with Crippen LogP contribution >= 0.6 is 22.6 Å². The lowest BCUT2D eigenvalue weighted by molar-refractivity contribution is -0.144. The van der Waals surface area contributed by atoms with Crippen molar-refractivity contribution in [3.8, 4) is 0 Å². The van der Waals surface area contributed by atoms with Gasteiger partial charge in [0, 0.05) is 13.0 Å². The molecule has 1 atom stereocenters. The van der Waals surface area contributed by atoms with E-state index in [1.54, 1.807) is 0 Å². The number of hydrogen-bond donors (Lipinski definition) is 0. The van der Waals surface area contributed by atoms with Crippen LogP contribution in [0.3, 0.4) is 0 Å². The standard InChI is InChI=1S/C8H13IO3/c1-8(9)5-11-4-2-3-7(10)12-6-8/h2-6H2,1H3. The first-order chi connectivity index (χ1) is 5.60. The third kappa shape index (κ3) is 3.71. The number of ether oxygens (including phenoxy) is 2. The molecule has 1 fully saturated rings. The van der Waals surface area contributed by atoms with Gasteiger partial charge < -0.3 is 9.47 Å². The number of rotatable bonds is 0. The van der Waals surface area contributed by atoms with Crippen molar-refractivity contribution in [2.75, 3.05) is 19.8 Å². The number of halogens is 1. The summed E-state index contributed by atoms with van der Waals surface area (Å²) in [6, 6.07) is 0. The minimum atomic E-state index is -0.108. The van der Waals surface area contributed by atoms with E-state index >= 15 is 0 Å². The van der Waals surface area contributed by atoms with Crippen LogP contribution in [0, 0.1) is 0 Å². The Balaban J connectivity index is 2.46. The minimum Gasteiger partial charge on any atom is -0.464 e. The zero-order valence-electron chi connectivity index (χ0n) is 7.14. The van der Waals surface area contributed by atoms with Crippen LogP contribution in [-0.2, 0) is 14.3 Å². The van der Waals surface area contributed by atoms with Crippen molar-refractivity contribution in [3.05, 3.63) is 0 Å². The van der Waals surface area contributed by atoms with Crippen molar-refractivity contribution in [2.45, 2.75) is 23.2 Å². The first-order valence-electron chi connectivity index (χ1n) is 4.02. The Morgan fingerprint density at radius 1 is 1.50 bits per heavy atom. The lowest BCUT2D eigenvalue weighted by atomic mass is 10.2. The number of hydrogen-bond acceptors (Lipinski definition) is 3. The topological polar surface area (TPSA) is 35.5 Å². The summed E-state index contributed by atoms with van der Waals surface area (Å²) >= 11 is 2.26. The molecular formula is C8H13IO3. The maximum Gasteiger partial charge on any atom is 0.305 e. The molecule has 0 bridgehead atoms.